The number of hydrogen-bond donors (Lipinski definition) is 2. The van der Waals surface area contributed by atoms with Gasteiger partial charge in [-0.2, -0.15) is 0 Å². The van der Waals surface area contributed by atoms with Crippen LogP contribution in [0, 0.1) is 0 Å². The van der Waals surface area contributed by atoms with Crippen LogP contribution in [0.2, 0.25) is 10.0 Å². The second-order valence-corrected chi connectivity index (χ2v) is 5.03. The van der Waals surface area contributed by atoms with Crippen molar-refractivity contribution in [2.24, 2.45) is 5.84 Å². The normalized spacial score (nSPS) is 11.3. The lowest BCUT2D eigenvalue weighted by Gasteiger charge is -2.11. The summed E-state index contributed by atoms with van der Waals surface area (Å²) in [5.41, 5.74) is 2.40. The fourth-order valence-corrected chi connectivity index (χ4v) is 2.45. The van der Waals surface area contributed by atoms with Crippen molar-refractivity contribution in [2.75, 3.05) is 5.43 Å². The first-order valence-electron chi connectivity index (χ1n) is 4.68. The molecular formula is C10H6BrCl2F2N3. The highest BCUT2D eigenvalue weighted by Gasteiger charge is 2.17. The quantitative estimate of drug-likeness (QED) is 0.472. The minimum absolute atomic E-state index is 0.0973. The summed E-state index contributed by atoms with van der Waals surface area (Å²) >= 11 is 15.1. The molecule has 1 aromatic carbocycles. The Balaban J connectivity index is 2.88. The molecule has 0 unspecified atom stereocenters. The zero-order chi connectivity index (χ0) is 13.4. The van der Waals surface area contributed by atoms with Crippen LogP contribution in [0.1, 0.15) is 12.1 Å². The molecule has 0 amide bonds. The fourth-order valence-electron chi connectivity index (χ4n) is 1.52. The van der Waals surface area contributed by atoms with Crippen LogP contribution in [0.25, 0.3) is 10.9 Å². The van der Waals surface area contributed by atoms with E-state index >= 15 is 0 Å². The third-order valence-electron chi connectivity index (χ3n) is 2.34. The molecule has 1 aromatic heterocycles. The van der Waals surface area contributed by atoms with Gasteiger partial charge in [0.1, 0.15) is 5.69 Å². The topological polar surface area (TPSA) is 50.9 Å². The number of pyridine rings is 1. The van der Waals surface area contributed by atoms with Gasteiger partial charge in [-0.25, -0.2) is 13.8 Å². The number of hydrogen-bond acceptors (Lipinski definition) is 3. The molecule has 8 heteroatoms. The average molecular weight is 357 g/mol. The van der Waals surface area contributed by atoms with Crippen molar-refractivity contribution in [3.63, 3.8) is 0 Å². The standard InChI is InChI=1S/C10H6BrCl2F2N3/c11-4-1-3-5(18-16)2-6(10(14)15)17-9(3)8(13)7(4)12/h1-2,10H,16H2,(H,17,18). The summed E-state index contributed by atoms with van der Waals surface area (Å²) < 4.78 is 25.9. The van der Waals surface area contributed by atoms with Crippen LogP contribution >= 0.6 is 39.1 Å². The van der Waals surface area contributed by atoms with E-state index in [1.807, 2.05) is 0 Å². The Hall–Kier alpha value is -0.690. The molecule has 0 radical (unpaired) electrons. The number of fused-ring (bicyclic) bond motifs is 1. The van der Waals surface area contributed by atoms with Crippen molar-refractivity contribution in [3.05, 3.63) is 32.3 Å². The molecule has 3 nitrogen and oxygen atoms in total. The zero-order valence-electron chi connectivity index (χ0n) is 8.65. The van der Waals surface area contributed by atoms with Crippen molar-refractivity contribution >= 4 is 55.7 Å². The van der Waals surface area contributed by atoms with Gasteiger partial charge in [0.2, 0.25) is 0 Å². The molecule has 0 aliphatic rings. The van der Waals surface area contributed by atoms with Crippen molar-refractivity contribution in [2.45, 2.75) is 6.43 Å². The highest BCUT2D eigenvalue weighted by Crippen LogP contribution is 2.39. The Morgan fingerprint density at radius 2 is 1.94 bits per heavy atom. The molecule has 2 aromatic rings. The first kappa shape index (κ1) is 13.7. The van der Waals surface area contributed by atoms with Crippen LogP contribution in [-0.4, -0.2) is 4.98 Å². The van der Waals surface area contributed by atoms with Crippen molar-refractivity contribution in [1.82, 2.24) is 4.98 Å². The van der Waals surface area contributed by atoms with E-state index in [1.165, 1.54) is 6.07 Å². The molecule has 2 rings (SSSR count). The van der Waals surface area contributed by atoms with Gasteiger partial charge >= 0.3 is 0 Å². The van der Waals surface area contributed by atoms with Crippen LogP contribution in [0.3, 0.4) is 0 Å². The molecule has 0 atom stereocenters. The first-order valence-corrected chi connectivity index (χ1v) is 6.23. The maximum Gasteiger partial charge on any atom is 0.280 e. The summed E-state index contributed by atoms with van der Waals surface area (Å²) in [6, 6.07) is 2.78. The van der Waals surface area contributed by atoms with Gasteiger partial charge in [0.25, 0.3) is 6.43 Å². The number of nitrogen functional groups attached to an aromatic ring is 1. The number of rotatable bonds is 2. The molecule has 0 saturated carbocycles. The lowest BCUT2D eigenvalue weighted by Crippen LogP contribution is -2.08. The number of halogens is 5. The second-order valence-electron chi connectivity index (χ2n) is 3.42. The second kappa shape index (κ2) is 5.13. The van der Waals surface area contributed by atoms with Gasteiger partial charge in [-0.3, -0.25) is 5.84 Å². The van der Waals surface area contributed by atoms with Crippen LogP contribution in [0.15, 0.2) is 16.6 Å². The molecule has 18 heavy (non-hydrogen) atoms. The highest BCUT2D eigenvalue weighted by molar-refractivity contribution is 9.10. The monoisotopic (exact) mass is 355 g/mol. The van der Waals surface area contributed by atoms with Crippen LogP contribution in [0.5, 0.6) is 0 Å². The fraction of sp³-hybridized carbons (Fsp3) is 0.100. The highest BCUT2D eigenvalue weighted by atomic mass is 79.9. The van der Waals surface area contributed by atoms with Gasteiger partial charge in [0.15, 0.2) is 0 Å². The number of hydrazine groups is 1. The van der Waals surface area contributed by atoms with Crippen LogP contribution in [-0.2, 0) is 0 Å². The van der Waals surface area contributed by atoms with E-state index in [0.29, 0.717) is 15.5 Å². The minimum atomic E-state index is -2.72. The molecule has 96 valence electrons. The van der Waals surface area contributed by atoms with E-state index in [4.69, 9.17) is 29.0 Å². The minimum Gasteiger partial charge on any atom is -0.323 e. The predicted molar refractivity (Wildman–Crippen MR) is 72.2 cm³/mol. The number of aromatic nitrogens is 1. The molecule has 0 spiro atoms. The van der Waals surface area contributed by atoms with Gasteiger partial charge in [0, 0.05) is 9.86 Å². The number of nitrogens with one attached hydrogen (secondary N) is 1. The molecular weight excluding hydrogens is 351 g/mol. The predicted octanol–water partition coefficient (Wildman–Crippen LogP) is 4.53. The lowest BCUT2D eigenvalue weighted by atomic mass is 10.1. The molecule has 3 N–H and O–H groups in total. The number of anilines is 1. The Labute approximate surface area is 119 Å². The SMILES string of the molecule is NNc1cc(C(F)F)nc2c(Cl)c(Cl)c(Br)cc12. The molecule has 0 bridgehead atoms. The largest absolute Gasteiger partial charge is 0.323 e. The Kier molecular flexibility index (Phi) is 3.91. The van der Waals surface area contributed by atoms with Gasteiger partial charge in [-0.05, 0) is 28.1 Å². The van der Waals surface area contributed by atoms with E-state index in [0.717, 1.165) is 0 Å². The van der Waals surface area contributed by atoms with Gasteiger partial charge < -0.3 is 5.43 Å². The first-order chi connectivity index (χ1) is 8.45. The summed E-state index contributed by atoms with van der Waals surface area (Å²) in [5, 5.41) is 0.814. The van der Waals surface area contributed by atoms with Gasteiger partial charge in [-0.1, -0.05) is 23.2 Å². The Morgan fingerprint density at radius 1 is 1.28 bits per heavy atom. The summed E-state index contributed by atoms with van der Waals surface area (Å²) in [7, 11) is 0. The van der Waals surface area contributed by atoms with E-state index in [1.54, 1.807) is 6.07 Å². The van der Waals surface area contributed by atoms with Gasteiger partial charge in [-0.15, -0.1) is 0 Å². The summed E-state index contributed by atoms with van der Waals surface area (Å²) in [6.07, 6.45) is -2.72. The van der Waals surface area contributed by atoms with E-state index < -0.39 is 12.1 Å². The van der Waals surface area contributed by atoms with E-state index in [9.17, 15) is 8.78 Å². The Morgan fingerprint density at radius 3 is 2.50 bits per heavy atom. The maximum atomic E-state index is 12.7. The van der Waals surface area contributed by atoms with Crippen molar-refractivity contribution < 1.29 is 8.78 Å². The number of alkyl halides is 2. The zero-order valence-corrected chi connectivity index (χ0v) is 11.7. The van der Waals surface area contributed by atoms with Gasteiger partial charge in [0.05, 0.1) is 21.2 Å². The summed E-state index contributed by atoms with van der Waals surface area (Å²) in [6.45, 7) is 0. The number of nitrogens with zero attached hydrogens (tertiary/aromatic N) is 1. The van der Waals surface area contributed by atoms with Crippen LogP contribution < -0.4 is 11.3 Å². The lowest BCUT2D eigenvalue weighted by molar-refractivity contribution is 0.146. The van der Waals surface area contributed by atoms with E-state index in [2.05, 4.69) is 26.3 Å². The average Bonchev–Trinajstić information content (AvgIpc) is 2.35. The summed E-state index contributed by atoms with van der Waals surface area (Å²) in [4.78, 5) is 3.80. The van der Waals surface area contributed by atoms with E-state index in [-0.39, 0.29) is 15.6 Å². The molecule has 0 fully saturated rings. The third kappa shape index (κ3) is 2.25. The van der Waals surface area contributed by atoms with Crippen LogP contribution in [0.4, 0.5) is 14.5 Å². The summed E-state index contributed by atoms with van der Waals surface area (Å²) in [5.74, 6) is 5.31. The number of benzene rings is 1. The molecule has 0 aliphatic carbocycles. The Bertz CT molecular complexity index is 622. The number of nitrogens with two attached hydrogens (primary N) is 1. The molecule has 0 saturated heterocycles. The smallest absolute Gasteiger partial charge is 0.280 e. The maximum absolute atomic E-state index is 12.7. The molecule has 1 heterocycles. The van der Waals surface area contributed by atoms with Crippen molar-refractivity contribution in [1.29, 1.82) is 0 Å². The molecule has 0 aliphatic heterocycles. The third-order valence-corrected chi connectivity index (χ3v) is 4.05. The van der Waals surface area contributed by atoms with Crippen molar-refractivity contribution in [3.8, 4) is 0 Å².